The van der Waals surface area contributed by atoms with Crippen molar-refractivity contribution < 1.29 is 24.5 Å². The molecule has 0 aliphatic carbocycles. The summed E-state index contributed by atoms with van der Waals surface area (Å²) in [5.41, 5.74) is 7.38. The van der Waals surface area contributed by atoms with Crippen LogP contribution in [0.2, 0.25) is 6.32 Å². The predicted molar refractivity (Wildman–Crippen MR) is 111 cm³/mol. The van der Waals surface area contributed by atoms with E-state index in [0.717, 1.165) is 11.9 Å². The molecule has 1 heterocycles. The van der Waals surface area contributed by atoms with Gasteiger partial charge in [0, 0.05) is 0 Å². The first kappa shape index (κ1) is 20.7. The summed E-state index contributed by atoms with van der Waals surface area (Å²) < 4.78 is 5.76. The molecule has 1 unspecified atom stereocenters. The van der Waals surface area contributed by atoms with Gasteiger partial charge in [0.15, 0.2) is 0 Å². The SMILES string of the molecule is BCCc1ccc(OC2CN(C(=O)C(N)Cc3ccccc3)C2)c(C(=O)O)c1O. The third-order valence-corrected chi connectivity index (χ3v) is 5.03. The summed E-state index contributed by atoms with van der Waals surface area (Å²) in [5, 5.41) is 19.8. The van der Waals surface area contributed by atoms with Crippen LogP contribution in [0.4, 0.5) is 0 Å². The molecule has 4 N–H and O–H groups in total. The number of carbonyl (C=O) groups excluding carboxylic acids is 1. The van der Waals surface area contributed by atoms with Crippen LogP contribution >= 0.6 is 0 Å². The van der Waals surface area contributed by atoms with Gasteiger partial charge < -0.3 is 25.6 Å². The molecule has 3 rings (SSSR count). The average Bonchev–Trinajstić information content (AvgIpc) is 2.66. The van der Waals surface area contributed by atoms with Crippen LogP contribution in [0.25, 0.3) is 0 Å². The van der Waals surface area contributed by atoms with Crippen molar-refractivity contribution in [3.63, 3.8) is 0 Å². The number of aromatic carboxylic acids is 1. The number of benzene rings is 2. The van der Waals surface area contributed by atoms with E-state index in [4.69, 9.17) is 10.5 Å². The lowest BCUT2D eigenvalue weighted by atomic mass is 9.95. The second kappa shape index (κ2) is 9.00. The number of hydrogen-bond acceptors (Lipinski definition) is 5. The third-order valence-electron chi connectivity index (χ3n) is 5.03. The van der Waals surface area contributed by atoms with E-state index < -0.39 is 12.0 Å². The average molecular weight is 396 g/mol. The number of hydrogen-bond donors (Lipinski definition) is 3. The van der Waals surface area contributed by atoms with E-state index in [1.807, 2.05) is 38.2 Å². The lowest BCUT2D eigenvalue weighted by molar-refractivity contribution is -0.141. The number of rotatable bonds is 8. The number of ether oxygens (including phenoxy) is 1. The molecule has 8 heteroatoms. The number of carboxylic acid groups (broad SMARTS) is 1. The van der Waals surface area contributed by atoms with Gasteiger partial charge in [0.2, 0.25) is 5.91 Å². The Balaban J connectivity index is 1.59. The number of phenols is 1. The van der Waals surface area contributed by atoms with Gasteiger partial charge >= 0.3 is 5.97 Å². The van der Waals surface area contributed by atoms with Crippen molar-refractivity contribution in [1.29, 1.82) is 0 Å². The predicted octanol–water partition coefficient (Wildman–Crippen LogP) is 0.844. The zero-order chi connectivity index (χ0) is 21.0. The minimum absolute atomic E-state index is 0.112. The molecule has 7 nitrogen and oxygen atoms in total. The zero-order valence-corrected chi connectivity index (χ0v) is 16.4. The highest BCUT2D eigenvalue weighted by molar-refractivity contribution is 6.08. The minimum atomic E-state index is -1.24. The topological polar surface area (TPSA) is 113 Å². The van der Waals surface area contributed by atoms with E-state index in [9.17, 15) is 19.8 Å². The molecule has 0 aromatic heterocycles. The van der Waals surface area contributed by atoms with Crippen molar-refractivity contribution in [2.24, 2.45) is 5.73 Å². The largest absolute Gasteiger partial charge is 0.507 e. The van der Waals surface area contributed by atoms with Gasteiger partial charge in [0.05, 0.1) is 19.1 Å². The van der Waals surface area contributed by atoms with Crippen LogP contribution < -0.4 is 10.5 Å². The monoisotopic (exact) mass is 396 g/mol. The lowest BCUT2D eigenvalue weighted by Crippen LogP contribution is -2.60. The highest BCUT2D eigenvalue weighted by Crippen LogP contribution is 2.33. The molecule has 2 aromatic carbocycles. The molecule has 1 saturated heterocycles. The maximum absolute atomic E-state index is 12.5. The van der Waals surface area contributed by atoms with Gasteiger partial charge in [-0.2, -0.15) is 0 Å². The van der Waals surface area contributed by atoms with Crippen molar-refractivity contribution in [1.82, 2.24) is 4.90 Å². The Hall–Kier alpha value is -3.00. The summed E-state index contributed by atoms with van der Waals surface area (Å²) in [6, 6.07) is 12.2. The molecule has 1 fully saturated rings. The Labute approximate surface area is 170 Å². The Morgan fingerprint density at radius 1 is 1.21 bits per heavy atom. The van der Waals surface area contributed by atoms with Gasteiger partial charge in [-0.15, -0.1) is 0 Å². The summed E-state index contributed by atoms with van der Waals surface area (Å²) in [5.74, 6) is -1.55. The van der Waals surface area contributed by atoms with E-state index in [2.05, 4.69) is 0 Å². The molecule has 0 spiro atoms. The van der Waals surface area contributed by atoms with Crippen molar-refractivity contribution in [3.05, 3.63) is 59.2 Å². The summed E-state index contributed by atoms with van der Waals surface area (Å²) in [6.07, 6.45) is 1.49. The van der Waals surface area contributed by atoms with E-state index in [-0.39, 0.29) is 29.1 Å². The smallest absolute Gasteiger partial charge is 0.343 e. The van der Waals surface area contributed by atoms with Crippen molar-refractivity contribution in [2.45, 2.75) is 31.3 Å². The molecular weight excluding hydrogens is 371 g/mol. The maximum atomic E-state index is 12.5. The number of likely N-dealkylation sites (tertiary alicyclic amines) is 1. The molecule has 0 radical (unpaired) electrons. The normalized spacial score (nSPS) is 14.9. The number of nitrogens with zero attached hydrogens (tertiary/aromatic N) is 1. The summed E-state index contributed by atoms with van der Waals surface area (Å²) in [6.45, 7) is 0.662. The Morgan fingerprint density at radius 2 is 1.90 bits per heavy atom. The molecule has 152 valence electrons. The fraction of sp³-hybridized carbons (Fsp3) is 0.333. The van der Waals surface area contributed by atoms with Crippen molar-refractivity contribution >= 4 is 19.7 Å². The van der Waals surface area contributed by atoms with Crippen molar-refractivity contribution in [3.8, 4) is 11.5 Å². The number of nitrogens with two attached hydrogens (primary N) is 1. The van der Waals surface area contributed by atoms with E-state index in [0.29, 0.717) is 31.5 Å². The fourth-order valence-electron chi connectivity index (χ4n) is 3.45. The molecule has 0 bridgehead atoms. The maximum Gasteiger partial charge on any atom is 0.343 e. The van der Waals surface area contributed by atoms with Gasteiger partial charge in [-0.3, -0.25) is 4.79 Å². The summed E-state index contributed by atoms with van der Waals surface area (Å²) in [4.78, 5) is 25.7. The van der Waals surface area contributed by atoms with Gasteiger partial charge in [-0.25, -0.2) is 4.79 Å². The first-order valence-electron chi connectivity index (χ1n) is 9.73. The molecule has 0 saturated carbocycles. The van der Waals surface area contributed by atoms with Gasteiger partial charge in [-0.05, 0) is 30.0 Å². The molecule has 1 aliphatic heterocycles. The number of carbonyl (C=O) groups is 2. The molecule has 1 amide bonds. The Morgan fingerprint density at radius 3 is 2.52 bits per heavy atom. The van der Waals surface area contributed by atoms with Gasteiger partial charge in [-0.1, -0.05) is 42.7 Å². The molecule has 1 aliphatic rings. The zero-order valence-electron chi connectivity index (χ0n) is 16.4. The molecule has 29 heavy (non-hydrogen) atoms. The lowest BCUT2D eigenvalue weighted by Gasteiger charge is -2.40. The van der Waals surface area contributed by atoms with Crippen LogP contribution in [0.3, 0.4) is 0 Å². The number of aryl methyl sites for hydroxylation is 1. The second-order valence-corrected chi connectivity index (χ2v) is 7.28. The third kappa shape index (κ3) is 4.71. The van der Waals surface area contributed by atoms with Crippen LogP contribution in [0.5, 0.6) is 11.5 Å². The standard InChI is InChI=1S/C21H25BN2O5/c22-9-8-14-6-7-17(18(19(14)25)21(27)28)29-15-11-24(12-15)20(26)16(23)10-13-4-2-1-3-5-13/h1-7,15-16,25H,8-12,22-23H2,(H,27,28). The van der Waals surface area contributed by atoms with E-state index in [1.54, 1.807) is 17.0 Å². The van der Waals surface area contributed by atoms with Crippen LogP contribution in [0.1, 0.15) is 21.5 Å². The molecular formula is C21H25BN2O5. The van der Waals surface area contributed by atoms with Crippen LogP contribution in [0.15, 0.2) is 42.5 Å². The first-order valence-corrected chi connectivity index (χ1v) is 9.73. The first-order chi connectivity index (χ1) is 13.9. The van der Waals surface area contributed by atoms with Crippen LogP contribution in [-0.2, 0) is 17.6 Å². The summed E-state index contributed by atoms with van der Waals surface area (Å²) >= 11 is 0. The highest BCUT2D eigenvalue weighted by atomic mass is 16.5. The fourth-order valence-corrected chi connectivity index (χ4v) is 3.45. The van der Waals surface area contributed by atoms with E-state index >= 15 is 0 Å². The molecule has 1 atom stereocenters. The second-order valence-electron chi connectivity index (χ2n) is 7.28. The minimum Gasteiger partial charge on any atom is -0.507 e. The number of amides is 1. The van der Waals surface area contributed by atoms with E-state index in [1.165, 1.54) is 0 Å². The van der Waals surface area contributed by atoms with Crippen molar-refractivity contribution in [2.75, 3.05) is 13.1 Å². The number of aromatic hydroxyl groups is 1. The van der Waals surface area contributed by atoms with Crippen LogP contribution in [0, 0.1) is 0 Å². The van der Waals surface area contributed by atoms with Crippen LogP contribution in [-0.4, -0.2) is 60.1 Å². The van der Waals surface area contributed by atoms with Gasteiger partial charge in [0.25, 0.3) is 0 Å². The van der Waals surface area contributed by atoms with Gasteiger partial charge in [0.1, 0.15) is 31.0 Å². The number of carboxylic acids is 1. The summed E-state index contributed by atoms with van der Waals surface area (Å²) in [7, 11) is 1.95. The highest BCUT2D eigenvalue weighted by Gasteiger charge is 2.35. The quantitative estimate of drug-likeness (QED) is 0.570. The Kier molecular flexibility index (Phi) is 6.44. The Bertz CT molecular complexity index is 884. The molecule has 2 aromatic rings.